The first kappa shape index (κ1) is 21.0. The van der Waals surface area contributed by atoms with Crippen LogP contribution in [0.15, 0.2) is 30.3 Å². The zero-order valence-electron chi connectivity index (χ0n) is 15.7. The lowest BCUT2D eigenvalue weighted by molar-refractivity contribution is -0.125. The Hall–Kier alpha value is -2.67. The van der Waals surface area contributed by atoms with Crippen LogP contribution in [0.5, 0.6) is 11.5 Å². The van der Waals surface area contributed by atoms with Crippen molar-refractivity contribution in [3.8, 4) is 11.5 Å². The number of hydrogen-bond donors (Lipinski definition) is 2. The number of aromatic hydroxyl groups is 1. The number of phenols is 1. The number of piperidine rings is 1. The molecule has 2 aromatic rings. The highest BCUT2D eigenvalue weighted by Crippen LogP contribution is 2.37. The molecule has 3 rings (SSSR count). The Labute approximate surface area is 171 Å². The molecule has 154 valence electrons. The maximum absolute atomic E-state index is 14.6. The van der Waals surface area contributed by atoms with Crippen LogP contribution in [0.1, 0.15) is 29.9 Å². The second-order valence-electron chi connectivity index (χ2n) is 7.08. The third-order valence-corrected chi connectivity index (χ3v) is 5.42. The van der Waals surface area contributed by atoms with Crippen LogP contribution in [0.4, 0.5) is 8.78 Å². The average molecular weight is 424 g/mol. The number of nitrogens with one attached hydrogen (secondary N) is 1. The summed E-state index contributed by atoms with van der Waals surface area (Å²) in [6.45, 7) is 0.145. The lowest BCUT2D eigenvalue weighted by Gasteiger charge is -2.32. The van der Waals surface area contributed by atoms with E-state index < -0.39 is 23.5 Å². The first-order valence-electron chi connectivity index (χ1n) is 9.07. The number of carbonyl (C=O) groups excluding carboxylic acids is 2. The zero-order valence-corrected chi connectivity index (χ0v) is 16.4. The highest BCUT2D eigenvalue weighted by Gasteiger charge is 2.35. The summed E-state index contributed by atoms with van der Waals surface area (Å²) >= 11 is 5.77. The Balaban J connectivity index is 1.80. The third-order valence-electron chi connectivity index (χ3n) is 5.10. The number of rotatable bonds is 6. The van der Waals surface area contributed by atoms with Gasteiger partial charge in [-0.1, -0.05) is 17.7 Å². The van der Waals surface area contributed by atoms with E-state index >= 15 is 0 Å². The Kier molecular flexibility index (Phi) is 6.37. The molecule has 0 aromatic heterocycles. The van der Waals surface area contributed by atoms with Gasteiger partial charge in [-0.05, 0) is 23.6 Å². The Morgan fingerprint density at radius 3 is 2.59 bits per heavy atom. The van der Waals surface area contributed by atoms with E-state index in [-0.39, 0.29) is 59.6 Å². The number of phenolic OH excluding ortho intramolecular Hbond substituents is 1. The molecule has 29 heavy (non-hydrogen) atoms. The molecule has 1 amide bonds. The fourth-order valence-electron chi connectivity index (χ4n) is 3.67. The van der Waals surface area contributed by atoms with E-state index in [1.54, 1.807) is 6.07 Å². The minimum absolute atomic E-state index is 0.0270. The van der Waals surface area contributed by atoms with Crippen molar-refractivity contribution in [3.05, 3.63) is 58.1 Å². The smallest absolute Gasteiger partial charge is 0.220 e. The van der Waals surface area contributed by atoms with Crippen LogP contribution < -0.4 is 10.1 Å². The average Bonchev–Trinajstić information content (AvgIpc) is 2.66. The van der Waals surface area contributed by atoms with E-state index in [9.17, 15) is 23.5 Å². The van der Waals surface area contributed by atoms with Crippen molar-refractivity contribution in [1.82, 2.24) is 5.32 Å². The summed E-state index contributed by atoms with van der Waals surface area (Å²) in [6.07, 6.45) is -0.0471. The molecule has 0 spiro atoms. The molecule has 0 aliphatic carbocycles. The molecule has 2 atom stereocenters. The summed E-state index contributed by atoms with van der Waals surface area (Å²) in [4.78, 5) is 24.4. The largest absolute Gasteiger partial charge is 0.506 e. The lowest BCUT2D eigenvalue weighted by atomic mass is 9.77. The van der Waals surface area contributed by atoms with Crippen LogP contribution in [0.2, 0.25) is 5.02 Å². The normalized spacial score (nSPS) is 19.0. The molecule has 1 heterocycles. The summed E-state index contributed by atoms with van der Waals surface area (Å²) in [6, 6.07) is 6.66. The first-order valence-corrected chi connectivity index (χ1v) is 9.45. The number of amides is 1. The predicted molar refractivity (Wildman–Crippen MR) is 103 cm³/mol. The number of hydrogen-bond acceptors (Lipinski definition) is 4. The van der Waals surface area contributed by atoms with Gasteiger partial charge >= 0.3 is 0 Å². The second-order valence-corrected chi connectivity index (χ2v) is 7.49. The topological polar surface area (TPSA) is 75.6 Å². The van der Waals surface area contributed by atoms with E-state index in [0.29, 0.717) is 5.56 Å². The zero-order chi connectivity index (χ0) is 21.1. The van der Waals surface area contributed by atoms with Crippen LogP contribution >= 0.6 is 11.6 Å². The minimum atomic E-state index is -0.804. The molecule has 5 nitrogen and oxygen atoms in total. The number of halogens is 3. The quantitative estimate of drug-likeness (QED) is 0.742. The minimum Gasteiger partial charge on any atom is -0.506 e. The summed E-state index contributed by atoms with van der Waals surface area (Å²) in [5.74, 6) is -3.41. The van der Waals surface area contributed by atoms with Gasteiger partial charge < -0.3 is 15.2 Å². The van der Waals surface area contributed by atoms with E-state index in [0.717, 1.165) is 12.1 Å². The molecule has 0 unspecified atom stereocenters. The Morgan fingerprint density at radius 1 is 1.28 bits per heavy atom. The highest BCUT2D eigenvalue weighted by atomic mass is 35.5. The van der Waals surface area contributed by atoms with Crippen molar-refractivity contribution in [3.63, 3.8) is 0 Å². The van der Waals surface area contributed by atoms with Crippen LogP contribution in [0.3, 0.4) is 0 Å². The number of methoxy groups -OCH3 is 1. The van der Waals surface area contributed by atoms with Gasteiger partial charge in [-0.15, -0.1) is 0 Å². The van der Waals surface area contributed by atoms with Crippen molar-refractivity contribution in [2.45, 2.75) is 25.2 Å². The van der Waals surface area contributed by atoms with Gasteiger partial charge in [0.15, 0.2) is 0 Å². The molecule has 1 saturated heterocycles. The van der Waals surface area contributed by atoms with Gasteiger partial charge in [0.2, 0.25) is 5.91 Å². The Bertz CT molecular complexity index is 927. The molecule has 2 aromatic carbocycles. The molecule has 0 radical (unpaired) electrons. The molecule has 0 bridgehead atoms. The fraction of sp³-hybridized carbons (Fsp3) is 0.333. The maximum Gasteiger partial charge on any atom is 0.220 e. The van der Waals surface area contributed by atoms with Crippen LogP contribution in [-0.2, 0) is 16.0 Å². The lowest BCUT2D eigenvalue weighted by Crippen LogP contribution is -2.41. The molecule has 2 N–H and O–H groups in total. The highest BCUT2D eigenvalue weighted by molar-refractivity contribution is 6.32. The van der Waals surface area contributed by atoms with E-state index in [1.807, 2.05) is 0 Å². The van der Waals surface area contributed by atoms with Crippen LogP contribution in [-0.4, -0.2) is 30.5 Å². The summed E-state index contributed by atoms with van der Waals surface area (Å²) in [5, 5.41) is 12.5. The van der Waals surface area contributed by atoms with Gasteiger partial charge in [0.1, 0.15) is 28.9 Å². The molecular formula is C21H20ClF2NO4. The van der Waals surface area contributed by atoms with Gasteiger partial charge in [-0.2, -0.15) is 0 Å². The van der Waals surface area contributed by atoms with Crippen LogP contribution in [0.25, 0.3) is 0 Å². The van der Waals surface area contributed by atoms with Crippen molar-refractivity contribution in [1.29, 1.82) is 0 Å². The van der Waals surface area contributed by atoms with Crippen molar-refractivity contribution in [2.75, 3.05) is 13.7 Å². The van der Waals surface area contributed by atoms with Gasteiger partial charge in [-0.25, -0.2) is 8.78 Å². The van der Waals surface area contributed by atoms with Gasteiger partial charge in [0, 0.05) is 49.4 Å². The number of ketones is 1. The monoisotopic (exact) mass is 423 g/mol. The van der Waals surface area contributed by atoms with Crippen molar-refractivity contribution >= 4 is 23.3 Å². The summed E-state index contributed by atoms with van der Waals surface area (Å²) in [5.41, 5.74) is 0.373. The first-order chi connectivity index (χ1) is 13.8. The van der Waals surface area contributed by atoms with Gasteiger partial charge in [-0.3, -0.25) is 9.59 Å². The van der Waals surface area contributed by atoms with Crippen molar-refractivity contribution < 1.29 is 28.2 Å². The van der Waals surface area contributed by atoms with Crippen LogP contribution in [0, 0.1) is 17.6 Å². The van der Waals surface area contributed by atoms with Gasteiger partial charge in [0.25, 0.3) is 0 Å². The summed E-state index contributed by atoms with van der Waals surface area (Å²) in [7, 11) is 1.30. The maximum atomic E-state index is 14.6. The molecular weight excluding hydrogens is 404 g/mol. The van der Waals surface area contributed by atoms with Crippen molar-refractivity contribution in [2.24, 2.45) is 5.92 Å². The number of benzene rings is 2. The van der Waals surface area contributed by atoms with E-state index in [1.165, 1.54) is 19.2 Å². The number of ether oxygens (including phenoxy) is 1. The number of carbonyl (C=O) groups is 2. The van der Waals surface area contributed by atoms with Gasteiger partial charge in [0.05, 0.1) is 12.1 Å². The van der Waals surface area contributed by atoms with E-state index in [2.05, 4.69) is 5.32 Å². The molecule has 0 saturated carbocycles. The summed E-state index contributed by atoms with van der Waals surface area (Å²) < 4.78 is 34.0. The molecule has 1 aliphatic rings. The van der Waals surface area contributed by atoms with E-state index in [4.69, 9.17) is 16.3 Å². The second kappa shape index (κ2) is 8.78. The predicted octanol–water partition coefficient (Wildman–Crippen LogP) is 3.75. The molecule has 8 heteroatoms. The molecule has 1 aliphatic heterocycles. The third kappa shape index (κ3) is 4.85. The number of Topliss-reactive ketones (excluding diaryl/α,β-unsaturated/α-hetero) is 1. The standard InChI is InChI=1S/C21H20ClF2NO4/c1-29-14-7-17(23)21(18(24)8-14)15-9-20(28)25-10-12(15)6-13(26)4-11-2-3-16(22)19(27)5-11/h2-3,5,7-8,12,15,27H,4,6,9-10H2,1H3,(H,25,28)/t12-,15-/m1/s1. The molecule has 1 fully saturated rings. The fourth-order valence-corrected chi connectivity index (χ4v) is 3.79. The Morgan fingerprint density at radius 2 is 1.97 bits per heavy atom. The SMILES string of the molecule is COc1cc(F)c([C@@H]2CC(=O)NC[C@H]2CC(=O)Cc2ccc(Cl)c(O)c2)c(F)c1.